The molecule has 15 heavy (non-hydrogen) atoms. The van der Waals surface area contributed by atoms with Gasteiger partial charge >= 0.3 is 0 Å². The van der Waals surface area contributed by atoms with Gasteiger partial charge in [-0.3, -0.25) is 0 Å². The Hall–Kier alpha value is -1.03. The molecule has 0 fully saturated rings. The number of hydrogen-bond acceptors (Lipinski definition) is 1. The molecule has 0 saturated heterocycles. The van der Waals surface area contributed by atoms with Crippen molar-refractivity contribution in [1.29, 1.82) is 0 Å². The molecule has 84 valence electrons. The van der Waals surface area contributed by atoms with Crippen molar-refractivity contribution in [2.75, 3.05) is 0 Å². The van der Waals surface area contributed by atoms with Gasteiger partial charge in [-0.05, 0) is 17.5 Å². The van der Waals surface area contributed by atoms with Crippen molar-refractivity contribution in [3.63, 3.8) is 0 Å². The SMILES string of the molecule is CC(C)C(O)c1ccc(C(F)F)c(F)c1. The van der Waals surface area contributed by atoms with Crippen LogP contribution in [0.15, 0.2) is 18.2 Å². The summed E-state index contributed by atoms with van der Waals surface area (Å²) in [5.74, 6) is -1.05. The van der Waals surface area contributed by atoms with Crippen LogP contribution in [0.2, 0.25) is 0 Å². The Labute approximate surface area is 86.5 Å². The van der Waals surface area contributed by atoms with Gasteiger partial charge in [0.15, 0.2) is 0 Å². The van der Waals surface area contributed by atoms with Gasteiger partial charge in [0.05, 0.1) is 11.7 Å². The lowest BCUT2D eigenvalue weighted by atomic mass is 9.98. The summed E-state index contributed by atoms with van der Waals surface area (Å²) in [6.07, 6.45) is -3.65. The first-order valence-electron chi connectivity index (χ1n) is 4.69. The number of alkyl halides is 2. The molecule has 0 saturated carbocycles. The van der Waals surface area contributed by atoms with Gasteiger partial charge in [-0.15, -0.1) is 0 Å². The first-order chi connectivity index (χ1) is 6.93. The fraction of sp³-hybridized carbons (Fsp3) is 0.455. The van der Waals surface area contributed by atoms with Crippen molar-refractivity contribution in [3.05, 3.63) is 35.1 Å². The van der Waals surface area contributed by atoms with Crippen LogP contribution in [0.3, 0.4) is 0 Å². The predicted octanol–water partition coefficient (Wildman–Crippen LogP) is 3.45. The standard InChI is InChI=1S/C11H13F3O/c1-6(2)10(15)7-3-4-8(11(13)14)9(12)5-7/h3-6,10-11,15H,1-2H3. The molecular weight excluding hydrogens is 205 g/mol. The van der Waals surface area contributed by atoms with E-state index in [0.29, 0.717) is 5.56 Å². The molecule has 1 unspecified atom stereocenters. The summed E-state index contributed by atoms with van der Waals surface area (Å²) in [5, 5.41) is 9.60. The van der Waals surface area contributed by atoms with E-state index in [4.69, 9.17) is 0 Å². The number of hydrogen-bond donors (Lipinski definition) is 1. The summed E-state index contributed by atoms with van der Waals surface area (Å²) >= 11 is 0. The molecule has 1 rings (SSSR count). The van der Waals surface area contributed by atoms with Gasteiger partial charge in [-0.2, -0.15) is 0 Å². The molecule has 0 spiro atoms. The van der Waals surface area contributed by atoms with Crippen molar-refractivity contribution >= 4 is 0 Å². The second-order valence-electron chi connectivity index (χ2n) is 3.77. The van der Waals surface area contributed by atoms with E-state index in [1.807, 2.05) is 0 Å². The fourth-order valence-corrected chi connectivity index (χ4v) is 1.29. The minimum absolute atomic E-state index is 0.0817. The van der Waals surface area contributed by atoms with Crippen molar-refractivity contribution in [2.45, 2.75) is 26.4 Å². The Morgan fingerprint density at radius 3 is 2.20 bits per heavy atom. The highest BCUT2D eigenvalue weighted by Crippen LogP contribution is 2.27. The number of halogens is 3. The fourth-order valence-electron chi connectivity index (χ4n) is 1.29. The largest absolute Gasteiger partial charge is 0.388 e. The summed E-state index contributed by atoms with van der Waals surface area (Å²) in [4.78, 5) is 0. The monoisotopic (exact) mass is 218 g/mol. The van der Waals surface area contributed by atoms with Crippen molar-refractivity contribution in [2.24, 2.45) is 5.92 Å². The maximum Gasteiger partial charge on any atom is 0.266 e. The summed E-state index contributed by atoms with van der Waals surface area (Å²) in [5.41, 5.74) is -0.304. The number of rotatable bonds is 3. The van der Waals surface area contributed by atoms with Crippen molar-refractivity contribution in [3.8, 4) is 0 Å². The maximum absolute atomic E-state index is 13.1. The smallest absolute Gasteiger partial charge is 0.266 e. The molecule has 0 radical (unpaired) electrons. The third kappa shape index (κ3) is 2.72. The third-order valence-electron chi connectivity index (χ3n) is 2.23. The lowest BCUT2D eigenvalue weighted by molar-refractivity contribution is 0.125. The van der Waals surface area contributed by atoms with E-state index in [2.05, 4.69) is 0 Å². The zero-order valence-corrected chi connectivity index (χ0v) is 8.55. The Kier molecular flexibility index (Phi) is 3.74. The van der Waals surface area contributed by atoms with E-state index in [-0.39, 0.29) is 5.92 Å². The van der Waals surface area contributed by atoms with Crippen LogP contribution in [-0.2, 0) is 0 Å². The van der Waals surface area contributed by atoms with E-state index in [1.165, 1.54) is 6.07 Å². The highest BCUT2D eigenvalue weighted by molar-refractivity contribution is 5.26. The third-order valence-corrected chi connectivity index (χ3v) is 2.23. The Morgan fingerprint density at radius 1 is 1.20 bits per heavy atom. The van der Waals surface area contributed by atoms with Crippen molar-refractivity contribution < 1.29 is 18.3 Å². The van der Waals surface area contributed by atoms with Gasteiger partial charge in [-0.25, -0.2) is 13.2 Å². The number of benzene rings is 1. The minimum Gasteiger partial charge on any atom is -0.388 e. The van der Waals surface area contributed by atoms with E-state index in [1.54, 1.807) is 13.8 Å². The summed E-state index contributed by atoms with van der Waals surface area (Å²) < 4.78 is 37.6. The van der Waals surface area contributed by atoms with Crippen molar-refractivity contribution in [1.82, 2.24) is 0 Å². The molecule has 0 amide bonds. The quantitative estimate of drug-likeness (QED) is 0.823. The Bertz CT molecular complexity index is 337. The second-order valence-corrected chi connectivity index (χ2v) is 3.77. The summed E-state index contributed by atoms with van der Waals surface area (Å²) in [6.45, 7) is 3.53. The lowest BCUT2D eigenvalue weighted by Gasteiger charge is -2.15. The number of aliphatic hydroxyl groups excluding tert-OH is 1. The molecule has 1 aromatic rings. The average Bonchev–Trinajstić information content (AvgIpc) is 2.15. The first-order valence-corrected chi connectivity index (χ1v) is 4.69. The molecule has 1 N–H and O–H groups in total. The molecule has 0 aliphatic rings. The molecule has 0 heterocycles. The molecule has 1 aromatic carbocycles. The second kappa shape index (κ2) is 4.66. The topological polar surface area (TPSA) is 20.2 Å². The predicted molar refractivity (Wildman–Crippen MR) is 51.2 cm³/mol. The molecule has 1 nitrogen and oxygen atoms in total. The lowest BCUT2D eigenvalue weighted by Crippen LogP contribution is -2.06. The molecule has 0 aliphatic carbocycles. The van der Waals surface area contributed by atoms with Gasteiger partial charge in [-0.1, -0.05) is 26.0 Å². The van der Waals surface area contributed by atoms with Crippen LogP contribution in [0.25, 0.3) is 0 Å². The molecule has 0 bridgehead atoms. The Morgan fingerprint density at radius 2 is 1.80 bits per heavy atom. The molecule has 4 heteroatoms. The maximum atomic E-state index is 13.1. The zero-order chi connectivity index (χ0) is 11.6. The van der Waals surface area contributed by atoms with Gasteiger partial charge in [0, 0.05) is 0 Å². The highest BCUT2D eigenvalue weighted by atomic mass is 19.3. The van der Waals surface area contributed by atoms with Crippen LogP contribution < -0.4 is 0 Å². The van der Waals surface area contributed by atoms with Crippen LogP contribution >= 0.6 is 0 Å². The van der Waals surface area contributed by atoms with Gasteiger partial charge in [0.2, 0.25) is 0 Å². The summed E-state index contributed by atoms with van der Waals surface area (Å²) in [7, 11) is 0. The zero-order valence-electron chi connectivity index (χ0n) is 8.55. The minimum atomic E-state index is -2.82. The molecule has 0 aliphatic heterocycles. The van der Waals surface area contributed by atoms with Gasteiger partial charge < -0.3 is 5.11 Å². The molecule has 1 atom stereocenters. The van der Waals surface area contributed by atoms with Crippen LogP contribution in [0.4, 0.5) is 13.2 Å². The van der Waals surface area contributed by atoms with Gasteiger partial charge in [0.1, 0.15) is 5.82 Å². The van der Waals surface area contributed by atoms with E-state index >= 15 is 0 Å². The van der Waals surface area contributed by atoms with Crippen LogP contribution in [0, 0.1) is 11.7 Å². The molecule has 0 aromatic heterocycles. The average molecular weight is 218 g/mol. The van der Waals surface area contributed by atoms with Crippen LogP contribution in [-0.4, -0.2) is 5.11 Å². The number of aliphatic hydroxyl groups is 1. The van der Waals surface area contributed by atoms with E-state index in [0.717, 1.165) is 12.1 Å². The Balaban J connectivity index is 3.01. The van der Waals surface area contributed by atoms with Gasteiger partial charge in [0.25, 0.3) is 6.43 Å². The van der Waals surface area contributed by atoms with Crippen LogP contribution in [0.1, 0.15) is 37.5 Å². The van der Waals surface area contributed by atoms with E-state index < -0.39 is 23.9 Å². The normalized spacial score (nSPS) is 13.6. The van der Waals surface area contributed by atoms with Crippen LogP contribution in [0.5, 0.6) is 0 Å². The summed E-state index contributed by atoms with van der Waals surface area (Å²) in [6, 6.07) is 3.31. The molecular formula is C11H13F3O. The first kappa shape index (κ1) is 12.0. The highest BCUT2D eigenvalue weighted by Gasteiger charge is 2.17. The van der Waals surface area contributed by atoms with E-state index in [9.17, 15) is 18.3 Å².